The second-order valence-electron chi connectivity index (χ2n) is 3.18. The van der Waals surface area contributed by atoms with Gasteiger partial charge < -0.3 is 9.47 Å². The summed E-state index contributed by atoms with van der Waals surface area (Å²) in [5, 5.41) is 0. The van der Waals surface area contributed by atoms with E-state index in [0.29, 0.717) is 6.61 Å². The first kappa shape index (κ1) is 12.1. The van der Waals surface area contributed by atoms with Crippen LogP contribution in [0.1, 0.15) is 13.8 Å². The molecule has 0 spiro atoms. The normalized spacial score (nSPS) is 17.9. The summed E-state index contributed by atoms with van der Waals surface area (Å²) in [6.07, 6.45) is 9.27. The number of carbonyl (C=O) groups is 1. The average molecular weight is 207 g/mol. The zero-order valence-electron chi connectivity index (χ0n) is 9.03. The summed E-state index contributed by atoms with van der Waals surface area (Å²) < 4.78 is 9.50. The van der Waals surface area contributed by atoms with Gasteiger partial charge in [0.2, 0.25) is 0 Å². The topological polar surface area (TPSA) is 35.5 Å². The van der Waals surface area contributed by atoms with Crippen molar-refractivity contribution in [2.24, 2.45) is 0 Å². The smallest absolute Gasteiger partial charge is 0.435 e. The van der Waals surface area contributed by atoms with Crippen LogP contribution in [0.25, 0.3) is 0 Å². The summed E-state index contributed by atoms with van der Waals surface area (Å²) in [7, 11) is 0. The number of hydrogen-bond acceptors (Lipinski definition) is 3. The summed E-state index contributed by atoms with van der Waals surface area (Å²) in [5.74, 6) is 1.11. The molecule has 0 atom stereocenters. The highest BCUT2D eigenvalue weighted by Gasteiger charge is 2.14. The highest BCUT2D eigenvalue weighted by Crippen LogP contribution is 2.25. The van der Waals surface area contributed by atoms with Crippen molar-refractivity contribution in [2.75, 3.05) is 13.2 Å². The molecule has 15 heavy (non-hydrogen) atoms. The Balaban J connectivity index is 2.22. The maximum Gasteiger partial charge on any atom is 0.508 e. The summed E-state index contributed by atoms with van der Waals surface area (Å²) in [4.78, 5) is 10.9. The lowest BCUT2D eigenvalue weighted by atomic mass is 10.1. The van der Waals surface area contributed by atoms with E-state index in [1.165, 1.54) is 0 Å². The summed E-state index contributed by atoms with van der Waals surface area (Å²) >= 11 is 0. The predicted molar refractivity (Wildman–Crippen MR) is 57.2 cm³/mol. The molecule has 1 saturated carbocycles. The third-order valence-electron chi connectivity index (χ3n) is 1.78. The minimum atomic E-state index is -0.618. The second-order valence-corrected chi connectivity index (χ2v) is 3.18. The molecule has 3 heteroatoms. The molecule has 0 aliphatic heterocycles. The molecule has 0 aromatic rings. The van der Waals surface area contributed by atoms with Gasteiger partial charge in [0.15, 0.2) is 0 Å². The SMILES string of the molecule is CCOC(=O)OC/C(C)=C/[C]1[CH][CH][CH][CH]1. The molecule has 81 valence electrons. The molecular weight excluding hydrogens is 192 g/mol. The van der Waals surface area contributed by atoms with Crippen molar-refractivity contribution in [1.29, 1.82) is 0 Å². The Morgan fingerprint density at radius 1 is 1.33 bits per heavy atom. The van der Waals surface area contributed by atoms with Crippen LogP contribution in [-0.4, -0.2) is 19.4 Å². The maximum absolute atomic E-state index is 10.9. The maximum atomic E-state index is 10.9. The highest BCUT2D eigenvalue weighted by molar-refractivity contribution is 5.60. The van der Waals surface area contributed by atoms with Gasteiger partial charge in [-0.25, -0.2) is 4.79 Å². The fraction of sp³-hybridized carbons (Fsp3) is 0.333. The molecular formula is C12H15O3. The standard InChI is InChI=1S/C12H15O3/c1-3-14-12(13)15-9-10(2)8-11-6-4-5-7-11/h4-8H,3,9H2,1-2H3/b10-8+. The quantitative estimate of drug-likeness (QED) is 0.664. The fourth-order valence-corrected chi connectivity index (χ4v) is 1.14. The van der Waals surface area contributed by atoms with E-state index >= 15 is 0 Å². The van der Waals surface area contributed by atoms with Crippen molar-refractivity contribution in [1.82, 2.24) is 0 Å². The minimum absolute atomic E-state index is 0.268. The van der Waals surface area contributed by atoms with Gasteiger partial charge in [0.05, 0.1) is 6.61 Å². The first-order valence-electron chi connectivity index (χ1n) is 4.91. The van der Waals surface area contributed by atoms with Crippen LogP contribution in [0.15, 0.2) is 11.6 Å². The minimum Gasteiger partial charge on any atom is -0.435 e. The number of allylic oxidation sites excluding steroid dienone is 1. The summed E-state index contributed by atoms with van der Waals surface area (Å²) in [6.45, 7) is 4.26. The Morgan fingerprint density at radius 3 is 2.60 bits per heavy atom. The van der Waals surface area contributed by atoms with E-state index in [4.69, 9.17) is 4.74 Å². The Hall–Kier alpha value is -0.990. The molecule has 1 aliphatic carbocycles. The second kappa shape index (κ2) is 6.49. The van der Waals surface area contributed by atoms with Crippen LogP contribution in [0.5, 0.6) is 0 Å². The van der Waals surface area contributed by atoms with E-state index < -0.39 is 6.16 Å². The molecule has 0 bridgehead atoms. The number of hydrogen-bond donors (Lipinski definition) is 0. The van der Waals surface area contributed by atoms with E-state index in [9.17, 15) is 4.79 Å². The van der Waals surface area contributed by atoms with Crippen LogP contribution in [0.4, 0.5) is 4.79 Å². The van der Waals surface area contributed by atoms with Crippen LogP contribution < -0.4 is 0 Å². The molecule has 1 aliphatic rings. The Labute approximate surface area is 91.4 Å². The molecule has 5 radical (unpaired) electrons. The molecule has 0 amide bonds. The van der Waals surface area contributed by atoms with Gasteiger partial charge in [-0.05, 0) is 45.1 Å². The molecule has 0 saturated heterocycles. The van der Waals surface area contributed by atoms with Crippen molar-refractivity contribution in [3.8, 4) is 0 Å². The first-order chi connectivity index (χ1) is 7.22. The van der Waals surface area contributed by atoms with Gasteiger partial charge in [-0.2, -0.15) is 0 Å². The average Bonchev–Trinajstić information content (AvgIpc) is 2.68. The molecule has 3 nitrogen and oxygen atoms in total. The van der Waals surface area contributed by atoms with Crippen LogP contribution in [0.2, 0.25) is 0 Å². The van der Waals surface area contributed by atoms with Gasteiger partial charge in [-0.15, -0.1) is 0 Å². The third kappa shape index (κ3) is 4.86. The zero-order valence-corrected chi connectivity index (χ0v) is 9.03. The monoisotopic (exact) mass is 207 g/mol. The molecule has 0 aromatic heterocycles. The van der Waals surface area contributed by atoms with Crippen molar-refractivity contribution >= 4 is 6.16 Å². The van der Waals surface area contributed by atoms with Crippen molar-refractivity contribution in [3.05, 3.63) is 43.3 Å². The van der Waals surface area contributed by atoms with E-state index in [-0.39, 0.29) is 6.61 Å². The molecule has 0 heterocycles. The zero-order chi connectivity index (χ0) is 11.1. The van der Waals surface area contributed by atoms with Gasteiger partial charge in [0.1, 0.15) is 6.61 Å². The van der Waals surface area contributed by atoms with Gasteiger partial charge in [-0.3, -0.25) is 0 Å². The highest BCUT2D eigenvalue weighted by atomic mass is 16.7. The Bertz CT molecular complexity index is 227. The van der Waals surface area contributed by atoms with Gasteiger partial charge in [0.25, 0.3) is 0 Å². The number of carbonyl (C=O) groups excluding carboxylic acids is 1. The van der Waals surface area contributed by atoms with Crippen LogP contribution in [0, 0.1) is 31.6 Å². The summed E-state index contributed by atoms with van der Waals surface area (Å²) in [6, 6.07) is 0. The third-order valence-corrected chi connectivity index (χ3v) is 1.78. The molecule has 0 N–H and O–H groups in total. The molecule has 1 rings (SSSR count). The van der Waals surface area contributed by atoms with E-state index in [1.54, 1.807) is 6.92 Å². The van der Waals surface area contributed by atoms with E-state index in [2.05, 4.69) is 4.74 Å². The Kier molecular flexibility index (Phi) is 5.22. The predicted octanol–water partition coefficient (Wildman–Crippen LogP) is 2.51. The lowest BCUT2D eigenvalue weighted by Gasteiger charge is -2.06. The van der Waals surface area contributed by atoms with Crippen molar-refractivity contribution < 1.29 is 14.3 Å². The van der Waals surface area contributed by atoms with Gasteiger partial charge >= 0.3 is 6.16 Å². The van der Waals surface area contributed by atoms with E-state index in [0.717, 1.165) is 11.5 Å². The van der Waals surface area contributed by atoms with Crippen LogP contribution >= 0.6 is 0 Å². The molecule has 0 unspecified atom stereocenters. The van der Waals surface area contributed by atoms with Crippen molar-refractivity contribution in [2.45, 2.75) is 13.8 Å². The van der Waals surface area contributed by atoms with E-state index in [1.807, 2.05) is 38.7 Å². The molecule has 0 aromatic carbocycles. The number of rotatable bonds is 4. The lowest BCUT2D eigenvalue weighted by molar-refractivity contribution is 0.0655. The Morgan fingerprint density at radius 2 is 2.00 bits per heavy atom. The van der Waals surface area contributed by atoms with Gasteiger partial charge in [-0.1, -0.05) is 6.08 Å². The van der Waals surface area contributed by atoms with Crippen molar-refractivity contribution in [3.63, 3.8) is 0 Å². The number of ether oxygens (including phenoxy) is 2. The largest absolute Gasteiger partial charge is 0.508 e. The fourth-order valence-electron chi connectivity index (χ4n) is 1.14. The summed E-state index contributed by atoms with van der Waals surface area (Å²) in [5.41, 5.74) is 0.981. The lowest BCUT2D eigenvalue weighted by Crippen LogP contribution is -2.09. The van der Waals surface area contributed by atoms with Crippen LogP contribution in [-0.2, 0) is 9.47 Å². The molecule has 1 fully saturated rings. The van der Waals surface area contributed by atoms with Gasteiger partial charge in [0, 0.05) is 5.92 Å². The first-order valence-corrected chi connectivity index (χ1v) is 4.91. The van der Waals surface area contributed by atoms with Crippen LogP contribution in [0.3, 0.4) is 0 Å².